The lowest BCUT2D eigenvalue weighted by Crippen LogP contribution is -2.31. The third-order valence-corrected chi connectivity index (χ3v) is 2.86. The first kappa shape index (κ1) is 12.1. The summed E-state index contributed by atoms with van der Waals surface area (Å²) in [6, 6.07) is 4.47. The Morgan fingerprint density at radius 1 is 1.47 bits per heavy atom. The van der Waals surface area contributed by atoms with E-state index in [-0.39, 0.29) is 0 Å². The number of rotatable bonds is 5. The molecule has 0 spiro atoms. The van der Waals surface area contributed by atoms with Gasteiger partial charge in [0.25, 0.3) is 0 Å². The van der Waals surface area contributed by atoms with Crippen molar-refractivity contribution in [2.24, 2.45) is 11.7 Å². The van der Waals surface area contributed by atoms with Gasteiger partial charge in [-0.3, -0.25) is 4.98 Å². The van der Waals surface area contributed by atoms with E-state index < -0.39 is 0 Å². The van der Waals surface area contributed by atoms with Crippen LogP contribution in [0.4, 0.5) is 0 Å². The Labute approximate surface area is 92.3 Å². The smallest absolute Gasteiger partial charge is 0.0397 e. The molecule has 15 heavy (non-hydrogen) atoms. The minimum absolute atomic E-state index is 0.369. The largest absolute Gasteiger partial charge is 0.330 e. The van der Waals surface area contributed by atoms with Crippen molar-refractivity contribution >= 4 is 0 Å². The molecule has 0 aromatic carbocycles. The summed E-state index contributed by atoms with van der Waals surface area (Å²) in [5.41, 5.74) is 7.06. The summed E-state index contributed by atoms with van der Waals surface area (Å²) in [6.45, 7) is 2.90. The van der Waals surface area contributed by atoms with Gasteiger partial charge < -0.3 is 10.6 Å². The van der Waals surface area contributed by atoms with E-state index in [0.717, 1.165) is 6.42 Å². The molecular weight excluding hydrogens is 186 g/mol. The third-order valence-electron chi connectivity index (χ3n) is 2.86. The summed E-state index contributed by atoms with van der Waals surface area (Å²) in [5.74, 6) is 0.490. The van der Waals surface area contributed by atoms with E-state index in [2.05, 4.69) is 37.0 Å². The molecule has 0 saturated carbocycles. The van der Waals surface area contributed by atoms with Gasteiger partial charge in [-0.25, -0.2) is 0 Å². The van der Waals surface area contributed by atoms with Gasteiger partial charge >= 0.3 is 0 Å². The number of nitrogens with two attached hydrogens (primary N) is 1. The zero-order valence-electron chi connectivity index (χ0n) is 9.85. The van der Waals surface area contributed by atoms with Crippen molar-refractivity contribution in [3.8, 4) is 0 Å². The van der Waals surface area contributed by atoms with Crippen LogP contribution in [0.15, 0.2) is 24.5 Å². The Kier molecular flexibility index (Phi) is 4.72. The monoisotopic (exact) mass is 207 g/mol. The topological polar surface area (TPSA) is 42.1 Å². The van der Waals surface area contributed by atoms with Crippen LogP contribution in [0.2, 0.25) is 0 Å². The summed E-state index contributed by atoms with van der Waals surface area (Å²) < 4.78 is 0. The second-order valence-corrected chi connectivity index (χ2v) is 4.10. The van der Waals surface area contributed by atoms with Gasteiger partial charge in [0.1, 0.15) is 0 Å². The summed E-state index contributed by atoms with van der Waals surface area (Å²) in [4.78, 5) is 6.39. The van der Waals surface area contributed by atoms with Crippen molar-refractivity contribution in [1.29, 1.82) is 0 Å². The minimum Gasteiger partial charge on any atom is -0.330 e. The van der Waals surface area contributed by atoms with E-state index in [9.17, 15) is 0 Å². The summed E-state index contributed by atoms with van der Waals surface area (Å²) >= 11 is 0. The zero-order valence-corrected chi connectivity index (χ0v) is 9.85. The lowest BCUT2D eigenvalue weighted by Gasteiger charge is -2.31. The summed E-state index contributed by atoms with van der Waals surface area (Å²) in [6.07, 6.45) is 4.83. The van der Waals surface area contributed by atoms with E-state index in [1.54, 1.807) is 6.20 Å². The van der Waals surface area contributed by atoms with Crippen molar-refractivity contribution in [2.75, 3.05) is 20.6 Å². The van der Waals surface area contributed by atoms with E-state index in [1.807, 2.05) is 12.3 Å². The highest BCUT2D eigenvalue weighted by molar-refractivity contribution is 5.15. The molecule has 0 saturated heterocycles. The van der Waals surface area contributed by atoms with Gasteiger partial charge in [-0.1, -0.05) is 19.4 Å². The number of aromatic nitrogens is 1. The number of pyridine rings is 1. The van der Waals surface area contributed by atoms with Crippen LogP contribution in [0.1, 0.15) is 24.9 Å². The van der Waals surface area contributed by atoms with Crippen LogP contribution in [0.25, 0.3) is 0 Å². The molecule has 84 valence electrons. The minimum atomic E-state index is 0.369. The van der Waals surface area contributed by atoms with E-state index in [4.69, 9.17) is 5.73 Å². The predicted octanol–water partition coefficient (Wildman–Crippen LogP) is 1.67. The quantitative estimate of drug-likeness (QED) is 0.798. The zero-order chi connectivity index (χ0) is 11.3. The van der Waals surface area contributed by atoms with Gasteiger partial charge in [0.2, 0.25) is 0 Å². The van der Waals surface area contributed by atoms with Gasteiger partial charge in [0.15, 0.2) is 0 Å². The first-order valence-corrected chi connectivity index (χ1v) is 5.47. The standard InChI is InChI=1S/C12H21N3/c1-4-10(8-13)12(15(2)3)11-6-5-7-14-9-11/h5-7,9-10,12H,4,8,13H2,1-3H3. The lowest BCUT2D eigenvalue weighted by molar-refractivity contribution is 0.210. The van der Waals surface area contributed by atoms with Crippen molar-refractivity contribution in [1.82, 2.24) is 9.88 Å². The Bertz CT molecular complexity index is 267. The third kappa shape index (κ3) is 3.01. The molecule has 0 aliphatic heterocycles. The van der Waals surface area contributed by atoms with E-state index >= 15 is 0 Å². The highest BCUT2D eigenvalue weighted by atomic mass is 15.1. The molecule has 1 aromatic heterocycles. The maximum atomic E-state index is 5.81. The van der Waals surface area contributed by atoms with Crippen molar-refractivity contribution in [2.45, 2.75) is 19.4 Å². The predicted molar refractivity (Wildman–Crippen MR) is 63.5 cm³/mol. The Morgan fingerprint density at radius 3 is 2.60 bits per heavy atom. The number of hydrogen-bond donors (Lipinski definition) is 1. The van der Waals surface area contributed by atoms with Crippen LogP contribution in [-0.4, -0.2) is 30.5 Å². The maximum Gasteiger partial charge on any atom is 0.0397 e. The molecule has 2 unspecified atom stereocenters. The van der Waals surface area contributed by atoms with Crippen molar-refractivity contribution in [3.05, 3.63) is 30.1 Å². The molecule has 3 heteroatoms. The first-order valence-electron chi connectivity index (χ1n) is 5.47. The van der Waals surface area contributed by atoms with E-state index in [0.29, 0.717) is 18.5 Å². The fourth-order valence-electron chi connectivity index (χ4n) is 2.06. The molecule has 2 atom stereocenters. The van der Waals surface area contributed by atoms with Crippen molar-refractivity contribution < 1.29 is 0 Å². The Morgan fingerprint density at radius 2 is 2.20 bits per heavy atom. The highest BCUT2D eigenvalue weighted by Crippen LogP contribution is 2.27. The molecule has 3 nitrogen and oxygen atoms in total. The molecule has 1 heterocycles. The fraction of sp³-hybridized carbons (Fsp3) is 0.583. The molecule has 1 aromatic rings. The first-order chi connectivity index (χ1) is 7.20. The second-order valence-electron chi connectivity index (χ2n) is 4.10. The molecule has 0 fully saturated rings. The van der Waals surface area contributed by atoms with Crippen LogP contribution in [0.3, 0.4) is 0 Å². The van der Waals surface area contributed by atoms with Gasteiger partial charge in [0.05, 0.1) is 0 Å². The Hall–Kier alpha value is -0.930. The number of nitrogens with zero attached hydrogens (tertiary/aromatic N) is 2. The van der Waals surface area contributed by atoms with Gasteiger partial charge in [-0.2, -0.15) is 0 Å². The molecule has 0 aliphatic rings. The van der Waals surface area contributed by atoms with Crippen LogP contribution >= 0.6 is 0 Å². The average molecular weight is 207 g/mol. The van der Waals surface area contributed by atoms with Crippen LogP contribution in [-0.2, 0) is 0 Å². The molecule has 0 bridgehead atoms. The second kappa shape index (κ2) is 5.83. The lowest BCUT2D eigenvalue weighted by atomic mass is 9.91. The van der Waals surface area contributed by atoms with E-state index in [1.165, 1.54) is 5.56 Å². The molecular formula is C12H21N3. The molecule has 1 rings (SSSR count). The average Bonchev–Trinajstić information content (AvgIpc) is 2.26. The maximum absolute atomic E-state index is 5.81. The molecule has 0 radical (unpaired) electrons. The normalized spacial score (nSPS) is 15.3. The molecule has 2 N–H and O–H groups in total. The van der Waals surface area contributed by atoms with Gasteiger partial charge in [-0.05, 0) is 38.2 Å². The van der Waals surface area contributed by atoms with Gasteiger partial charge in [-0.15, -0.1) is 0 Å². The highest BCUT2D eigenvalue weighted by Gasteiger charge is 2.22. The van der Waals surface area contributed by atoms with Crippen LogP contribution in [0, 0.1) is 5.92 Å². The van der Waals surface area contributed by atoms with Crippen LogP contribution < -0.4 is 5.73 Å². The Balaban J connectivity index is 2.92. The fourth-order valence-corrected chi connectivity index (χ4v) is 2.06. The molecule has 0 amide bonds. The summed E-state index contributed by atoms with van der Waals surface area (Å²) in [7, 11) is 4.19. The van der Waals surface area contributed by atoms with Gasteiger partial charge in [0, 0.05) is 18.4 Å². The summed E-state index contributed by atoms with van der Waals surface area (Å²) in [5, 5.41) is 0. The SMILES string of the molecule is CCC(CN)C(c1cccnc1)N(C)C. The number of hydrogen-bond acceptors (Lipinski definition) is 3. The van der Waals surface area contributed by atoms with Crippen molar-refractivity contribution in [3.63, 3.8) is 0 Å². The van der Waals surface area contributed by atoms with Crippen LogP contribution in [0.5, 0.6) is 0 Å². The molecule has 0 aliphatic carbocycles.